The summed E-state index contributed by atoms with van der Waals surface area (Å²) in [5, 5.41) is 19.2. The van der Waals surface area contributed by atoms with Crippen LogP contribution in [0.1, 0.15) is 13.3 Å². The summed E-state index contributed by atoms with van der Waals surface area (Å²) in [6, 6.07) is 0. The Labute approximate surface area is 58.6 Å². The van der Waals surface area contributed by atoms with Crippen LogP contribution in [0.4, 0.5) is 0 Å². The van der Waals surface area contributed by atoms with Crippen molar-refractivity contribution in [3.63, 3.8) is 0 Å². The second kappa shape index (κ2) is 5.28. The second-order valence-corrected chi connectivity index (χ2v) is 1.94. The summed E-state index contributed by atoms with van der Waals surface area (Å²) in [5.74, 6) is 0. The molecule has 0 rings (SSSR count). The second-order valence-electron chi connectivity index (χ2n) is 1.94. The molecule has 60 valence electrons. The summed E-state index contributed by atoms with van der Waals surface area (Å²) >= 11 is 0. The summed E-state index contributed by atoms with van der Waals surface area (Å²) in [7, 11) is 0. The Morgan fingerprint density at radius 2 is 2.20 bits per heavy atom. The van der Waals surface area contributed by atoms with Crippen LogP contribution in [0.2, 0.25) is 0 Å². The van der Waals surface area contributed by atoms with Crippen molar-refractivity contribution in [2.45, 2.75) is 25.9 Å². The third-order valence-corrected chi connectivity index (χ3v) is 0.893. The molecule has 0 aromatic carbocycles. The number of ether oxygens (including phenoxy) is 1. The molecule has 0 radical (unpaired) electrons. The Hall–Kier alpha value is -0.520. The molecule has 0 amide bonds. The molecule has 0 aliphatic heterocycles. The molecule has 0 heterocycles. The molecule has 2 atom stereocenters. The highest BCUT2D eigenvalue weighted by atomic mass is 16.6. The van der Waals surface area contributed by atoms with Gasteiger partial charge >= 0.3 is 0 Å². The Morgan fingerprint density at radius 3 is 2.60 bits per heavy atom. The van der Waals surface area contributed by atoms with E-state index in [0.29, 0.717) is 6.42 Å². The Balaban J connectivity index is 3.11. The predicted molar refractivity (Wildman–Crippen MR) is 34.1 cm³/mol. The number of rotatable bonds is 5. The smallest absolute Gasteiger partial charge is 0.294 e. The lowest BCUT2D eigenvalue weighted by Crippen LogP contribution is -2.12. The van der Waals surface area contributed by atoms with Crippen LogP contribution >= 0.6 is 0 Å². The average Bonchev–Trinajstić information content (AvgIpc) is 1.87. The average molecular weight is 149 g/mol. The Bertz CT molecular complexity index is 95.6. The van der Waals surface area contributed by atoms with Gasteiger partial charge in [0.1, 0.15) is 0 Å². The first-order valence-corrected chi connectivity index (χ1v) is 2.97. The highest BCUT2D eigenvalue weighted by Gasteiger charge is 2.02. The first kappa shape index (κ1) is 9.48. The highest BCUT2D eigenvalue weighted by molar-refractivity contribution is 4.44. The zero-order valence-electron chi connectivity index (χ0n) is 5.73. The van der Waals surface area contributed by atoms with Crippen LogP contribution in [0, 0.1) is 4.91 Å². The highest BCUT2D eigenvalue weighted by Crippen LogP contribution is 1.93. The van der Waals surface area contributed by atoms with Gasteiger partial charge < -0.3 is 14.9 Å². The van der Waals surface area contributed by atoms with Crippen LogP contribution in [0.15, 0.2) is 5.18 Å². The van der Waals surface area contributed by atoms with E-state index in [1.807, 2.05) is 0 Å². The number of hydrogen-bond donors (Lipinski definition) is 2. The first-order chi connectivity index (χ1) is 4.66. The number of hydrogen-bond acceptors (Lipinski definition) is 5. The van der Waals surface area contributed by atoms with Crippen LogP contribution in [0.25, 0.3) is 0 Å². The van der Waals surface area contributed by atoms with E-state index in [4.69, 9.17) is 10.2 Å². The van der Waals surface area contributed by atoms with Crippen molar-refractivity contribution in [3.8, 4) is 0 Å². The molecule has 5 heteroatoms. The SMILES string of the molecule is CC(O)CCOC(O)N=O. The van der Waals surface area contributed by atoms with Gasteiger partial charge in [-0.05, 0) is 18.5 Å². The molecule has 0 bridgehead atoms. The molecule has 2 N–H and O–H groups in total. The lowest BCUT2D eigenvalue weighted by atomic mass is 10.3. The Morgan fingerprint density at radius 1 is 1.60 bits per heavy atom. The number of nitroso groups, excluding NO2 is 1. The van der Waals surface area contributed by atoms with Gasteiger partial charge in [0.05, 0.1) is 12.7 Å². The van der Waals surface area contributed by atoms with Gasteiger partial charge in [0.25, 0.3) is 6.41 Å². The third-order valence-electron chi connectivity index (χ3n) is 0.893. The molecule has 0 aromatic rings. The maximum absolute atomic E-state index is 9.49. The van der Waals surface area contributed by atoms with Crippen LogP contribution in [0.3, 0.4) is 0 Å². The number of aliphatic hydroxyl groups is 2. The number of nitrogens with zero attached hydrogens (tertiary/aromatic N) is 1. The van der Waals surface area contributed by atoms with Crippen LogP contribution in [-0.2, 0) is 4.74 Å². The largest absolute Gasteiger partial charge is 0.393 e. The molecule has 10 heavy (non-hydrogen) atoms. The van der Waals surface area contributed by atoms with E-state index < -0.39 is 12.5 Å². The fraction of sp³-hybridized carbons (Fsp3) is 1.00. The fourth-order valence-corrected chi connectivity index (χ4v) is 0.374. The molecule has 0 saturated carbocycles. The summed E-state index contributed by atoms with van der Waals surface area (Å²) in [6.07, 6.45) is -1.70. The van der Waals surface area contributed by atoms with E-state index >= 15 is 0 Å². The monoisotopic (exact) mass is 149 g/mol. The normalized spacial score (nSPS) is 16.3. The molecular formula is C5H11NO4. The standard InChI is InChI=1S/C5H11NO4/c1-4(7)2-3-10-5(8)6-9/h4-5,7-8H,2-3H2,1H3. The van der Waals surface area contributed by atoms with Crippen molar-refractivity contribution >= 4 is 0 Å². The van der Waals surface area contributed by atoms with Gasteiger partial charge in [0.15, 0.2) is 0 Å². The van der Waals surface area contributed by atoms with E-state index in [0.717, 1.165) is 0 Å². The van der Waals surface area contributed by atoms with Gasteiger partial charge in [-0.2, -0.15) is 0 Å². The maximum atomic E-state index is 9.49. The summed E-state index contributed by atoms with van der Waals surface area (Å²) in [5.41, 5.74) is 0. The molecule has 0 saturated heterocycles. The predicted octanol–water partition coefficient (Wildman–Crippen LogP) is -0.184. The third kappa shape index (κ3) is 5.61. The summed E-state index contributed by atoms with van der Waals surface area (Å²) in [6.45, 7) is 1.72. The minimum absolute atomic E-state index is 0.130. The molecule has 0 aromatic heterocycles. The van der Waals surface area contributed by atoms with Crippen molar-refractivity contribution in [1.29, 1.82) is 0 Å². The van der Waals surface area contributed by atoms with Gasteiger partial charge in [-0.15, -0.1) is 4.91 Å². The van der Waals surface area contributed by atoms with E-state index in [-0.39, 0.29) is 6.61 Å². The first-order valence-electron chi connectivity index (χ1n) is 2.97. The van der Waals surface area contributed by atoms with Crippen molar-refractivity contribution in [2.75, 3.05) is 6.61 Å². The lowest BCUT2D eigenvalue weighted by Gasteiger charge is -2.05. The molecular weight excluding hydrogens is 138 g/mol. The van der Waals surface area contributed by atoms with Crippen LogP contribution in [-0.4, -0.2) is 29.3 Å². The quantitative estimate of drug-likeness (QED) is 0.419. The zero-order valence-corrected chi connectivity index (χ0v) is 5.73. The summed E-state index contributed by atoms with van der Waals surface area (Å²) in [4.78, 5) is 9.49. The van der Waals surface area contributed by atoms with E-state index in [9.17, 15) is 4.91 Å². The minimum Gasteiger partial charge on any atom is -0.393 e. The van der Waals surface area contributed by atoms with E-state index in [1.54, 1.807) is 6.92 Å². The number of aliphatic hydroxyl groups excluding tert-OH is 2. The Kier molecular flexibility index (Phi) is 5.00. The molecule has 5 nitrogen and oxygen atoms in total. The fourth-order valence-electron chi connectivity index (χ4n) is 0.374. The van der Waals surface area contributed by atoms with Crippen molar-refractivity contribution < 1.29 is 14.9 Å². The van der Waals surface area contributed by atoms with E-state index in [1.165, 1.54) is 0 Å². The van der Waals surface area contributed by atoms with Crippen molar-refractivity contribution in [1.82, 2.24) is 0 Å². The molecule has 0 aliphatic rings. The topological polar surface area (TPSA) is 79.1 Å². The van der Waals surface area contributed by atoms with Gasteiger partial charge in [0, 0.05) is 0 Å². The van der Waals surface area contributed by atoms with Gasteiger partial charge in [-0.1, -0.05) is 0 Å². The van der Waals surface area contributed by atoms with Crippen molar-refractivity contribution in [3.05, 3.63) is 4.91 Å². The molecule has 0 fully saturated rings. The van der Waals surface area contributed by atoms with Crippen molar-refractivity contribution in [2.24, 2.45) is 5.18 Å². The molecule has 2 unspecified atom stereocenters. The van der Waals surface area contributed by atoms with E-state index in [2.05, 4.69) is 9.91 Å². The maximum Gasteiger partial charge on any atom is 0.294 e. The van der Waals surface area contributed by atoms with Crippen LogP contribution in [0.5, 0.6) is 0 Å². The molecule has 0 aliphatic carbocycles. The van der Waals surface area contributed by atoms with Gasteiger partial charge in [-0.25, -0.2) is 0 Å². The summed E-state index contributed by atoms with van der Waals surface area (Å²) < 4.78 is 4.42. The van der Waals surface area contributed by atoms with Gasteiger partial charge in [-0.3, -0.25) is 0 Å². The van der Waals surface area contributed by atoms with Crippen LogP contribution < -0.4 is 0 Å². The molecule has 0 spiro atoms. The minimum atomic E-state index is -1.60. The zero-order chi connectivity index (χ0) is 7.98. The lowest BCUT2D eigenvalue weighted by molar-refractivity contribution is -0.0983. The van der Waals surface area contributed by atoms with Gasteiger partial charge in [0.2, 0.25) is 0 Å².